The fourth-order valence-corrected chi connectivity index (χ4v) is 3.97. The van der Waals surface area contributed by atoms with Gasteiger partial charge < -0.3 is 20.4 Å². The number of benzene rings is 1. The van der Waals surface area contributed by atoms with Gasteiger partial charge in [-0.3, -0.25) is 19.7 Å². The summed E-state index contributed by atoms with van der Waals surface area (Å²) in [5, 5.41) is 17.7. The number of piperazine rings is 1. The highest BCUT2D eigenvalue weighted by Gasteiger charge is 2.33. The van der Waals surface area contributed by atoms with E-state index in [0.29, 0.717) is 43.5 Å². The molecule has 2 heterocycles. The Morgan fingerprint density at radius 2 is 2.07 bits per heavy atom. The first kappa shape index (κ1) is 18.7. The lowest BCUT2D eigenvalue weighted by Crippen LogP contribution is -2.57. The number of likely N-dealkylation sites (tertiary alicyclic amines) is 1. The van der Waals surface area contributed by atoms with E-state index in [1.54, 1.807) is 17.0 Å². The van der Waals surface area contributed by atoms with Crippen LogP contribution < -0.4 is 10.6 Å². The van der Waals surface area contributed by atoms with Crippen molar-refractivity contribution in [2.75, 3.05) is 38.0 Å². The number of nitro groups is 1. The Morgan fingerprint density at radius 3 is 2.79 bits per heavy atom. The molecule has 150 valence electrons. The highest BCUT2D eigenvalue weighted by atomic mass is 16.6. The Labute approximate surface area is 163 Å². The van der Waals surface area contributed by atoms with Crippen molar-refractivity contribution in [3.05, 3.63) is 33.9 Å². The van der Waals surface area contributed by atoms with Crippen LogP contribution in [0.15, 0.2) is 18.2 Å². The molecule has 28 heavy (non-hydrogen) atoms. The van der Waals surface area contributed by atoms with Crippen LogP contribution in [0, 0.1) is 10.1 Å². The van der Waals surface area contributed by atoms with Crippen LogP contribution in [0.1, 0.15) is 36.0 Å². The summed E-state index contributed by atoms with van der Waals surface area (Å²) in [6.07, 6.45) is 3.71. The first-order valence-electron chi connectivity index (χ1n) is 9.87. The fraction of sp³-hybridized carbons (Fsp3) is 0.579. The first-order valence-corrected chi connectivity index (χ1v) is 9.87. The molecule has 2 saturated heterocycles. The van der Waals surface area contributed by atoms with Crippen LogP contribution in [-0.4, -0.2) is 71.3 Å². The average molecular weight is 387 g/mol. The number of nitro benzene ring substituents is 1. The number of nitrogens with zero attached hydrogens (tertiary/aromatic N) is 3. The fourth-order valence-electron chi connectivity index (χ4n) is 3.97. The molecule has 3 fully saturated rings. The number of hydrogen-bond acceptors (Lipinski definition) is 6. The van der Waals surface area contributed by atoms with Crippen molar-refractivity contribution >= 4 is 23.2 Å². The molecule has 1 unspecified atom stereocenters. The maximum atomic E-state index is 13.0. The zero-order valence-electron chi connectivity index (χ0n) is 15.7. The summed E-state index contributed by atoms with van der Waals surface area (Å²) in [7, 11) is 0. The molecule has 2 aliphatic heterocycles. The van der Waals surface area contributed by atoms with Crippen molar-refractivity contribution in [3.8, 4) is 0 Å². The standard InChI is InChI=1S/C19H25N5O4/c25-18-11-20-7-9-23(18)15-2-1-8-22(12-15)19(26)13-3-6-16(21-14-4-5-14)17(10-13)24(27)28/h3,6,10,14-15,20-21H,1-2,4-5,7-9,11-12H2. The lowest BCUT2D eigenvalue weighted by molar-refractivity contribution is -0.384. The van der Waals surface area contributed by atoms with Gasteiger partial charge in [-0.25, -0.2) is 0 Å². The van der Waals surface area contributed by atoms with Gasteiger partial charge >= 0.3 is 0 Å². The molecule has 0 radical (unpaired) electrons. The SMILES string of the molecule is O=C(c1ccc(NC2CC2)c([N+](=O)[O-])c1)N1CCCC(N2CCNCC2=O)C1. The van der Waals surface area contributed by atoms with Crippen LogP contribution in [0.3, 0.4) is 0 Å². The van der Waals surface area contributed by atoms with E-state index in [1.165, 1.54) is 6.07 Å². The third kappa shape index (κ3) is 3.94. The van der Waals surface area contributed by atoms with Gasteiger partial charge in [-0.05, 0) is 37.8 Å². The smallest absolute Gasteiger partial charge is 0.293 e. The van der Waals surface area contributed by atoms with Gasteiger partial charge in [0.1, 0.15) is 5.69 Å². The highest BCUT2D eigenvalue weighted by Crippen LogP contribution is 2.32. The Balaban J connectivity index is 1.49. The van der Waals surface area contributed by atoms with Crippen molar-refractivity contribution in [2.45, 2.75) is 37.8 Å². The average Bonchev–Trinajstić information content (AvgIpc) is 3.52. The van der Waals surface area contributed by atoms with E-state index >= 15 is 0 Å². The van der Waals surface area contributed by atoms with Crippen molar-refractivity contribution < 1.29 is 14.5 Å². The second-order valence-electron chi connectivity index (χ2n) is 7.72. The first-order chi connectivity index (χ1) is 13.5. The molecular formula is C19H25N5O4. The number of hydrogen-bond donors (Lipinski definition) is 2. The van der Waals surface area contributed by atoms with Crippen LogP contribution in [0.25, 0.3) is 0 Å². The number of nitrogens with one attached hydrogen (secondary N) is 2. The van der Waals surface area contributed by atoms with E-state index in [0.717, 1.165) is 32.2 Å². The number of rotatable bonds is 5. The topological polar surface area (TPSA) is 108 Å². The summed E-state index contributed by atoms with van der Waals surface area (Å²) in [6.45, 7) is 2.83. The van der Waals surface area contributed by atoms with Crippen molar-refractivity contribution in [3.63, 3.8) is 0 Å². The Morgan fingerprint density at radius 1 is 1.25 bits per heavy atom. The highest BCUT2D eigenvalue weighted by molar-refractivity contribution is 5.96. The van der Waals surface area contributed by atoms with Gasteiger partial charge in [0.25, 0.3) is 11.6 Å². The normalized spacial score (nSPS) is 22.9. The third-order valence-electron chi connectivity index (χ3n) is 5.63. The van der Waals surface area contributed by atoms with E-state index in [-0.39, 0.29) is 23.5 Å². The molecule has 1 aromatic rings. The maximum Gasteiger partial charge on any atom is 0.293 e. The minimum absolute atomic E-state index is 0.0121. The van der Waals surface area contributed by atoms with Gasteiger partial charge in [0, 0.05) is 49.9 Å². The van der Waals surface area contributed by atoms with Crippen LogP contribution in [-0.2, 0) is 4.79 Å². The van der Waals surface area contributed by atoms with E-state index in [9.17, 15) is 19.7 Å². The summed E-state index contributed by atoms with van der Waals surface area (Å²) in [5.74, 6) is -0.148. The lowest BCUT2D eigenvalue weighted by atomic mass is 10.0. The van der Waals surface area contributed by atoms with Crippen LogP contribution in [0.2, 0.25) is 0 Å². The summed E-state index contributed by atoms with van der Waals surface area (Å²) < 4.78 is 0. The van der Waals surface area contributed by atoms with E-state index < -0.39 is 4.92 Å². The summed E-state index contributed by atoms with van der Waals surface area (Å²) >= 11 is 0. The molecule has 1 saturated carbocycles. The third-order valence-corrected chi connectivity index (χ3v) is 5.63. The molecule has 2 amide bonds. The molecule has 9 nitrogen and oxygen atoms in total. The molecule has 0 spiro atoms. The molecule has 2 N–H and O–H groups in total. The van der Waals surface area contributed by atoms with E-state index in [4.69, 9.17) is 0 Å². The monoisotopic (exact) mass is 387 g/mol. The second kappa shape index (κ2) is 7.75. The van der Waals surface area contributed by atoms with Crippen LogP contribution in [0.4, 0.5) is 11.4 Å². The summed E-state index contributed by atoms with van der Waals surface area (Å²) in [6, 6.07) is 4.95. The molecule has 9 heteroatoms. The van der Waals surface area contributed by atoms with Crippen molar-refractivity contribution in [2.24, 2.45) is 0 Å². The van der Waals surface area contributed by atoms with Gasteiger partial charge in [-0.1, -0.05) is 0 Å². The number of carbonyl (C=O) groups excluding carboxylic acids is 2. The molecule has 0 aromatic heterocycles. The van der Waals surface area contributed by atoms with Gasteiger partial charge in [0.05, 0.1) is 11.5 Å². The van der Waals surface area contributed by atoms with Gasteiger partial charge in [-0.15, -0.1) is 0 Å². The summed E-state index contributed by atoms with van der Waals surface area (Å²) in [4.78, 5) is 39.8. The zero-order valence-corrected chi connectivity index (χ0v) is 15.7. The minimum Gasteiger partial charge on any atom is -0.377 e. The van der Waals surface area contributed by atoms with Gasteiger partial charge in [-0.2, -0.15) is 0 Å². The number of amides is 2. The van der Waals surface area contributed by atoms with Gasteiger partial charge in [0.15, 0.2) is 0 Å². The van der Waals surface area contributed by atoms with Crippen LogP contribution >= 0.6 is 0 Å². The predicted molar refractivity (Wildman–Crippen MR) is 103 cm³/mol. The van der Waals surface area contributed by atoms with Gasteiger partial charge in [0.2, 0.25) is 5.91 Å². The Kier molecular flexibility index (Phi) is 5.17. The van der Waals surface area contributed by atoms with Crippen molar-refractivity contribution in [1.29, 1.82) is 0 Å². The molecule has 0 bridgehead atoms. The molecule has 4 rings (SSSR count). The van der Waals surface area contributed by atoms with E-state index in [2.05, 4.69) is 10.6 Å². The molecule has 1 atom stereocenters. The molecule has 3 aliphatic rings. The molecular weight excluding hydrogens is 362 g/mol. The maximum absolute atomic E-state index is 13.0. The van der Waals surface area contributed by atoms with Crippen LogP contribution in [0.5, 0.6) is 0 Å². The Bertz CT molecular complexity index is 795. The predicted octanol–water partition coefficient (Wildman–Crippen LogP) is 1.21. The van der Waals surface area contributed by atoms with Crippen molar-refractivity contribution in [1.82, 2.24) is 15.1 Å². The van der Waals surface area contributed by atoms with E-state index in [1.807, 2.05) is 4.90 Å². The number of anilines is 1. The molecule has 1 aliphatic carbocycles. The summed E-state index contributed by atoms with van der Waals surface area (Å²) in [5.41, 5.74) is 0.718. The molecule has 1 aromatic carbocycles. The number of piperidine rings is 1. The Hall–Kier alpha value is -2.68. The largest absolute Gasteiger partial charge is 0.377 e. The minimum atomic E-state index is -0.445. The lowest BCUT2D eigenvalue weighted by Gasteiger charge is -2.41. The quantitative estimate of drug-likeness (QED) is 0.581. The number of carbonyl (C=O) groups is 2. The zero-order chi connectivity index (χ0) is 19.7. The second-order valence-corrected chi connectivity index (χ2v) is 7.72.